The lowest BCUT2D eigenvalue weighted by atomic mass is 10.4. The monoisotopic (exact) mass is 204 g/mol. The number of pyridine rings is 1. The highest BCUT2D eigenvalue weighted by molar-refractivity contribution is 7.05. The second kappa shape index (κ2) is 4.65. The summed E-state index contributed by atoms with van der Waals surface area (Å²) in [4.78, 5) is 4.03. The molecule has 0 unspecified atom stereocenters. The molecule has 6 heteroatoms. The molecule has 0 atom stereocenters. The van der Waals surface area contributed by atoms with E-state index in [0.29, 0.717) is 18.4 Å². The van der Waals surface area contributed by atoms with Crippen LogP contribution in [0.1, 0.15) is 0 Å². The smallest absolute Gasteiger partial charge is 0.143 e. The van der Waals surface area contributed by atoms with E-state index in [1.807, 2.05) is 18.3 Å². The predicted octanol–water partition coefficient (Wildman–Crippen LogP) is -0.707. The van der Waals surface area contributed by atoms with Crippen LogP contribution in [0.4, 0.5) is 5.69 Å². The normalized spacial score (nSPS) is 9.64. The zero-order valence-electron chi connectivity index (χ0n) is 5.70. The van der Waals surface area contributed by atoms with Crippen LogP contribution in [0.5, 0.6) is 0 Å². The highest BCUT2D eigenvalue weighted by atomic mass is 29.2. The topological polar surface area (TPSA) is 16.1 Å². The van der Waals surface area contributed by atoms with E-state index in [1.54, 1.807) is 6.20 Å². The molecule has 0 fully saturated rings. The Balaban J connectivity index is 2.74. The number of hydrogen-bond acceptors (Lipinski definition) is 2. The molecule has 1 aromatic heterocycles. The molecule has 0 aliphatic heterocycles. The Kier molecular flexibility index (Phi) is 3.76. The van der Waals surface area contributed by atoms with E-state index in [2.05, 4.69) is 28.7 Å². The summed E-state index contributed by atoms with van der Waals surface area (Å²) in [6, 6.07) is 3.97. The highest BCUT2D eigenvalue weighted by Crippen LogP contribution is 2.06. The first-order valence-corrected chi connectivity index (χ1v) is 7.83. The quantitative estimate of drug-likeness (QED) is 0.605. The Hall–Kier alpha value is -0.182. The molecule has 1 rings (SSSR count). The molecule has 0 aliphatic rings. The van der Waals surface area contributed by atoms with E-state index in [1.165, 1.54) is 0 Å². The third-order valence-corrected chi connectivity index (χ3v) is 5.45. The zero-order chi connectivity index (χ0) is 8.10. The van der Waals surface area contributed by atoms with Crippen molar-refractivity contribution in [3.8, 4) is 0 Å². The van der Waals surface area contributed by atoms with Gasteiger partial charge >= 0.3 is 0 Å². The molecule has 0 bridgehead atoms. The lowest BCUT2D eigenvalue weighted by Crippen LogP contribution is -2.32. The Bertz CT molecular complexity index is 201. The summed E-state index contributed by atoms with van der Waals surface area (Å²) >= 11 is 0. The van der Waals surface area contributed by atoms with Crippen molar-refractivity contribution < 1.29 is 0 Å². The predicted molar refractivity (Wildman–Crippen MR) is 49.7 cm³/mol. The lowest BCUT2D eigenvalue weighted by molar-refractivity contribution is 1.31. The van der Waals surface area contributed by atoms with Crippen molar-refractivity contribution in [2.45, 2.75) is 0 Å². The first-order chi connectivity index (χ1) is 5.38. The molecule has 50 valence electrons. The molecule has 11 heavy (non-hydrogen) atoms. The minimum Gasteiger partial charge on any atom is -0.431 e. The van der Waals surface area contributed by atoms with Crippen LogP contribution in [-0.4, -0.2) is 42.9 Å². The fourth-order valence-corrected chi connectivity index (χ4v) is 4.18. The fraction of sp³-hybridized carbons (Fsp3) is 0. The molecule has 0 saturated carbocycles. The maximum atomic E-state index is 4.03. The van der Waals surface area contributed by atoms with Crippen LogP contribution in [0.15, 0.2) is 24.5 Å². The average molecular weight is 204 g/mol. The third-order valence-electron chi connectivity index (χ3n) is 1.13. The van der Waals surface area contributed by atoms with Crippen molar-refractivity contribution in [2.24, 2.45) is 0 Å². The number of aromatic nitrogens is 1. The van der Waals surface area contributed by atoms with Crippen LogP contribution in [0, 0.1) is 0 Å². The van der Waals surface area contributed by atoms with Gasteiger partial charge in [0.1, 0.15) is 18.4 Å². The lowest BCUT2D eigenvalue weighted by Gasteiger charge is -2.18. The first kappa shape index (κ1) is 8.91. The minimum atomic E-state index is 0.589. The van der Waals surface area contributed by atoms with Crippen LogP contribution in [-0.2, 0) is 0 Å². The number of nitrogens with zero attached hydrogens (tertiary/aromatic N) is 2. The second-order valence-electron chi connectivity index (χ2n) is 1.77. The van der Waals surface area contributed by atoms with Gasteiger partial charge in [-0.15, -0.1) is 0 Å². The van der Waals surface area contributed by atoms with Gasteiger partial charge in [0.05, 0.1) is 0 Å². The van der Waals surface area contributed by atoms with Gasteiger partial charge in [0.25, 0.3) is 0 Å². The molecule has 1 aromatic rings. The van der Waals surface area contributed by atoms with Gasteiger partial charge in [0, 0.05) is 37.6 Å². The van der Waals surface area contributed by atoms with Crippen molar-refractivity contribution >= 4 is 43.6 Å². The summed E-state index contributed by atoms with van der Waals surface area (Å²) in [6.07, 6.45) is 3.62. The molecule has 0 amide bonds. The maximum absolute atomic E-state index is 4.03. The van der Waals surface area contributed by atoms with Gasteiger partial charge in [-0.2, -0.15) is 0 Å². The van der Waals surface area contributed by atoms with Crippen LogP contribution in [0.2, 0.25) is 0 Å². The standard InChI is InChI=1S/C5H4N2Si4/c8-10-7(11-9)5-2-1-3-6-4-5/h1-4H. The van der Waals surface area contributed by atoms with Gasteiger partial charge in [-0.3, -0.25) is 4.98 Å². The highest BCUT2D eigenvalue weighted by Gasteiger charge is 2.00. The van der Waals surface area contributed by atoms with Gasteiger partial charge < -0.3 is 4.23 Å². The second-order valence-corrected chi connectivity index (χ2v) is 4.90. The molecule has 0 saturated heterocycles. The zero-order valence-corrected chi connectivity index (χ0v) is 9.70. The van der Waals surface area contributed by atoms with Gasteiger partial charge in [0.2, 0.25) is 0 Å². The summed E-state index contributed by atoms with van der Waals surface area (Å²) < 4.78 is 2.15. The van der Waals surface area contributed by atoms with Gasteiger partial charge in [-0.1, -0.05) is 0 Å². The van der Waals surface area contributed by atoms with E-state index in [9.17, 15) is 0 Å². The first-order valence-electron chi connectivity index (χ1n) is 2.93. The van der Waals surface area contributed by atoms with Crippen LogP contribution in [0.3, 0.4) is 0 Å². The summed E-state index contributed by atoms with van der Waals surface area (Å²) in [5, 5.41) is 0. The molecule has 1 heterocycles. The molecule has 10 radical (unpaired) electrons. The van der Waals surface area contributed by atoms with Crippen LogP contribution in [0.25, 0.3) is 0 Å². The average Bonchev–Trinajstić information content (AvgIpc) is 2.09. The molecular weight excluding hydrogens is 200 g/mol. The van der Waals surface area contributed by atoms with Crippen LogP contribution < -0.4 is 4.23 Å². The van der Waals surface area contributed by atoms with Crippen molar-refractivity contribution in [2.75, 3.05) is 4.23 Å². The minimum absolute atomic E-state index is 0.589. The van der Waals surface area contributed by atoms with E-state index in [-0.39, 0.29) is 0 Å². The van der Waals surface area contributed by atoms with E-state index in [0.717, 1.165) is 5.69 Å². The Labute approximate surface area is 77.6 Å². The molecule has 0 spiro atoms. The largest absolute Gasteiger partial charge is 0.431 e. The van der Waals surface area contributed by atoms with Gasteiger partial charge in [-0.25, -0.2) is 0 Å². The van der Waals surface area contributed by atoms with Crippen molar-refractivity contribution in [3.63, 3.8) is 0 Å². The molecule has 2 nitrogen and oxygen atoms in total. The van der Waals surface area contributed by atoms with Crippen molar-refractivity contribution in [1.29, 1.82) is 0 Å². The molecule has 0 aliphatic carbocycles. The van der Waals surface area contributed by atoms with Gasteiger partial charge in [-0.05, 0) is 12.1 Å². The van der Waals surface area contributed by atoms with E-state index in [4.69, 9.17) is 0 Å². The SMILES string of the molecule is [Si][Si]N([Si][Si])c1cccnc1. The Morgan fingerprint density at radius 2 is 2.09 bits per heavy atom. The number of anilines is 1. The molecular formula is C5H4N2Si4. The molecule has 0 aromatic carbocycles. The Morgan fingerprint density at radius 3 is 2.55 bits per heavy atom. The van der Waals surface area contributed by atoms with Crippen LogP contribution >= 0.6 is 0 Å². The van der Waals surface area contributed by atoms with Gasteiger partial charge in [0.15, 0.2) is 0 Å². The van der Waals surface area contributed by atoms with Crippen molar-refractivity contribution in [3.05, 3.63) is 24.5 Å². The third kappa shape index (κ3) is 2.40. The number of hydrogen-bond donors (Lipinski definition) is 0. The summed E-state index contributed by atoms with van der Waals surface area (Å²) in [6.45, 7) is 0. The van der Waals surface area contributed by atoms with E-state index < -0.39 is 0 Å². The van der Waals surface area contributed by atoms with E-state index >= 15 is 0 Å². The van der Waals surface area contributed by atoms with Crippen molar-refractivity contribution in [1.82, 2.24) is 4.98 Å². The Morgan fingerprint density at radius 1 is 1.36 bits per heavy atom. The summed E-state index contributed by atoms with van der Waals surface area (Å²) in [7, 11) is 8.10. The molecule has 0 N–H and O–H groups in total. The maximum Gasteiger partial charge on any atom is 0.143 e. The summed E-state index contributed by atoms with van der Waals surface area (Å²) in [5.74, 6) is 0. The number of rotatable bonds is 3. The summed E-state index contributed by atoms with van der Waals surface area (Å²) in [5.41, 5.74) is 1.13. The fourth-order valence-electron chi connectivity index (χ4n) is 0.643.